The van der Waals surface area contributed by atoms with Crippen LogP contribution in [-0.4, -0.2) is 18.7 Å². The molecular formula is C26H25O2P. The van der Waals surface area contributed by atoms with E-state index in [-0.39, 0.29) is 11.4 Å². The summed E-state index contributed by atoms with van der Waals surface area (Å²) in [6.07, 6.45) is 3.82. The molecule has 3 aromatic rings. The lowest BCUT2D eigenvalue weighted by Gasteiger charge is -2.34. The Labute approximate surface area is 174 Å². The first kappa shape index (κ1) is 19.6. The third kappa shape index (κ3) is 3.78. The lowest BCUT2D eigenvalue weighted by molar-refractivity contribution is -0.137. The smallest absolute Gasteiger partial charge is 0.331 e. The first-order valence-electron chi connectivity index (χ1n) is 10.1. The maximum absolute atomic E-state index is 12.6. The molecule has 4 rings (SSSR count). The van der Waals surface area contributed by atoms with Crippen molar-refractivity contribution in [3.63, 3.8) is 0 Å². The van der Waals surface area contributed by atoms with E-state index in [0.717, 1.165) is 12.6 Å². The molecular weight excluding hydrogens is 375 g/mol. The Bertz CT molecular complexity index is 941. The number of rotatable bonds is 5. The topological polar surface area (TPSA) is 26.3 Å². The normalized spacial score (nSPS) is 19.2. The van der Waals surface area contributed by atoms with Gasteiger partial charge in [-0.25, -0.2) is 4.79 Å². The number of benzene rings is 3. The molecule has 0 N–H and O–H groups in total. The molecule has 0 spiro atoms. The molecule has 0 aliphatic carbocycles. The van der Waals surface area contributed by atoms with Crippen LogP contribution in [0.4, 0.5) is 0 Å². The van der Waals surface area contributed by atoms with E-state index in [2.05, 4.69) is 72.8 Å². The number of hydrogen-bond donors (Lipinski definition) is 0. The van der Waals surface area contributed by atoms with Crippen LogP contribution in [0.5, 0.6) is 0 Å². The van der Waals surface area contributed by atoms with Crippen LogP contribution < -0.4 is 5.30 Å². The van der Waals surface area contributed by atoms with Crippen molar-refractivity contribution in [1.82, 2.24) is 0 Å². The molecule has 0 aromatic heterocycles. The summed E-state index contributed by atoms with van der Waals surface area (Å²) >= 11 is 0. The predicted octanol–water partition coefficient (Wildman–Crippen LogP) is 5.63. The van der Waals surface area contributed by atoms with Gasteiger partial charge in [0.15, 0.2) is 0 Å². The lowest BCUT2D eigenvalue weighted by atomic mass is 9.72. The second-order valence-corrected chi connectivity index (χ2v) is 9.46. The highest BCUT2D eigenvalue weighted by molar-refractivity contribution is 7.70. The van der Waals surface area contributed by atoms with Gasteiger partial charge in [0.25, 0.3) is 0 Å². The van der Waals surface area contributed by atoms with Crippen LogP contribution in [0.3, 0.4) is 0 Å². The van der Waals surface area contributed by atoms with E-state index < -0.39 is 7.92 Å². The summed E-state index contributed by atoms with van der Waals surface area (Å²) in [6.45, 7) is 2.24. The number of ether oxygens (including phenoxy) is 1. The highest BCUT2D eigenvalue weighted by Crippen LogP contribution is 2.64. The zero-order valence-corrected chi connectivity index (χ0v) is 17.5. The molecule has 1 aliphatic rings. The average molecular weight is 400 g/mol. The van der Waals surface area contributed by atoms with Crippen LogP contribution in [0.2, 0.25) is 0 Å². The molecule has 1 fully saturated rings. The van der Waals surface area contributed by atoms with E-state index in [9.17, 15) is 4.79 Å². The largest absolute Gasteiger partial charge is 0.463 e. The van der Waals surface area contributed by atoms with Gasteiger partial charge < -0.3 is 4.74 Å². The molecule has 0 bridgehead atoms. The van der Waals surface area contributed by atoms with Gasteiger partial charge in [-0.05, 0) is 49.2 Å². The summed E-state index contributed by atoms with van der Waals surface area (Å²) in [4.78, 5) is 12.6. The van der Waals surface area contributed by atoms with E-state index in [0.29, 0.717) is 6.61 Å². The first-order chi connectivity index (χ1) is 14.3. The van der Waals surface area contributed by atoms with Crippen molar-refractivity contribution in [2.75, 3.05) is 12.8 Å². The minimum absolute atomic E-state index is 0.246. The van der Waals surface area contributed by atoms with Gasteiger partial charge in [0.1, 0.15) is 0 Å². The average Bonchev–Trinajstić information content (AvgIpc) is 3.15. The molecule has 1 heterocycles. The van der Waals surface area contributed by atoms with Crippen LogP contribution in [0.15, 0.2) is 102 Å². The molecule has 2 nitrogen and oxygen atoms in total. The molecule has 1 saturated heterocycles. The SMILES string of the molecule is CCOC(=O)/C=C1\P(c2ccccc2)CCC1(c1ccccc1)c1ccccc1. The summed E-state index contributed by atoms with van der Waals surface area (Å²) in [5, 5.41) is 2.50. The summed E-state index contributed by atoms with van der Waals surface area (Å²) < 4.78 is 5.35. The Morgan fingerprint density at radius 1 is 0.897 bits per heavy atom. The van der Waals surface area contributed by atoms with Crippen molar-refractivity contribution < 1.29 is 9.53 Å². The molecule has 1 unspecified atom stereocenters. The van der Waals surface area contributed by atoms with Crippen molar-refractivity contribution in [2.24, 2.45) is 0 Å². The molecule has 146 valence electrons. The number of esters is 1. The monoisotopic (exact) mass is 400 g/mol. The third-order valence-corrected chi connectivity index (χ3v) is 8.27. The van der Waals surface area contributed by atoms with Gasteiger partial charge in [-0.3, -0.25) is 0 Å². The molecule has 3 aromatic carbocycles. The van der Waals surface area contributed by atoms with Gasteiger partial charge in [0, 0.05) is 11.5 Å². The van der Waals surface area contributed by atoms with E-state index in [1.165, 1.54) is 21.7 Å². The Morgan fingerprint density at radius 3 is 1.93 bits per heavy atom. The zero-order valence-electron chi connectivity index (χ0n) is 16.6. The van der Waals surface area contributed by atoms with E-state index in [1.807, 2.05) is 25.1 Å². The maximum Gasteiger partial charge on any atom is 0.331 e. The summed E-state index contributed by atoms with van der Waals surface area (Å²) in [6, 6.07) is 31.8. The number of carbonyl (C=O) groups is 1. The Balaban J connectivity index is 1.94. The van der Waals surface area contributed by atoms with E-state index in [1.54, 1.807) is 6.08 Å². The Kier molecular flexibility index (Phi) is 5.92. The van der Waals surface area contributed by atoms with Gasteiger partial charge in [-0.15, -0.1) is 0 Å². The summed E-state index contributed by atoms with van der Waals surface area (Å²) in [5.74, 6) is -0.246. The Morgan fingerprint density at radius 2 is 1.41 bits per heavy atom. The van der Waals surface area contributed by atoms with Gasteiger partial charge in [0.2, 0.25) is 0 Å². The van der Waals surface area contributed by atoms with Crippen molar-refractivity contribution in [2.45, 2.75) is 18.8 Å². The van der Waals surface area contributed by atoms with Gasteiger partial charge in [-0.2, -0.15) is 0 Å². The predicted molar refractivity (Wildman–Crippen MR) is 121 cm³/mol. The van der Waals surface area contributed by atoms with Gasteiger partial charge >= 0.3 is 5.97 Å². The van der Waals surface area contributed by atoms with Crippen LogP contribution in [0, 0.1) is 0 Å². The highest BCUT2D eigenvalue weighted by Gasteiger charge is 2.47. The van der Waals surface area contributed by atoms with Crippen LogP contribution in [0.25, 0.3) is 0 Å². The quantitative estimate of drug-likeness (QED) is 0.315. The third-order valence-electron chi connectivity index (χ3n) is 5.58. The second kappa shape index (κ2) is 8.76. The van der Waals surface area contributed by atoms with Gasteiger partial charge in [-0.1, -0.05) is 91.0 Å². The van der Waals surface area contributed by atoms with Crippen molar-refractivity contribution in [3.05, 3.63) is 114 Å². The molecule has 29 heavy (non-hydrogen) atoms. The fraction of sp³-hybridized carbons (Fsp3) is 0.192. The highest BCUT2D eigenvalue weighted by atomic mass is 31.1. The minimum atomic E-state index is -0.622. The van der Waals surface area contributed by atoms with Crippen LogP contribution in [0.1, 0.15) is 24.5 Å². The number of hydrogen-bond acceptors (Lipinski definition) is 2. The maximum atomic E-state index is 12.6. The van der Waals surface area contributed by atoms with Gasteiger partial charge in [0.05, 0.1) is 6.61 Å². The molecule has 3 heteroatoms. The zero-order chi connectivity index (χ0) is 20.1. The van der Waals surface area contributed by atoms with Crippen LogP contribution in [-0.2, 0) is 14.9 Å². The lowest BCUT2D eigenvalue weighted by Crippen LogP contribution is -2.27. The fourth-order valence-corrected chi connectivity index (χ4v) is 7.29. The molecule has 0 amide bonds. The standard InChI is InChI=1S/C26H25O2P/c1-2-28-25(27)20-24-26(21-12-6-3-7-13-21,22-14-8-4-9-15-22)18-19-29(24)23-16-10-5-11-17-23/h3-17,20H,2,18-19H2,1H3/b24-20-. The summed E-state index contributed by atoms with van der Waals surface area (Å²) in [7, 11) is -0.622. The van der Waals surface area contributed by atoms with Crippen molar-refractivity contribution >= 4 is 19.2 Å². The van der Waals surface area contributed by atoms with Crippen molar-refractivity contribution in [3.8, 4) is 0 Å². The molecule has 1 aliphatic heterocycles. The van der Waals surface area contributed by atoms with Crippen molar-refractivity contribution in [1.29, 1.82) is 0 Å². The Hall–Kier alpha value is -2.70. The molecule has 0 saturated carbocycles. The van der Waals surface area contributed by atoms with E-state index in [4.69, 9.17) is 4.74 Å². The number of carbonyl (C=O) groups excluding carboxylic acids is 1. The fourth-order valence-electron chi connectivity index (χ4n) is 4.33. The van der Waals surface area contributed by atoms with E-state index >= 15 is 0 Å². The first-order valence-corrected chi connectivity index (χ1v) is 11.6. The summed E-state index contributed by atoms with van der Waals surface area (Å²) in [5.41, 5.74) is 2.17. The molecule has 1 atom stereocenters. The number of allylic oxidation sites excluding steroid dienone is 1. The minimum Gasteiger partial charge on any atom is -0.463 e. The molecule has 0 radical (unpaired) electrons. The second-order valence-electron chi connectivity index (χ2n) is 7.16. The van der Waals surface area contributed by atoms with Crippen LogP contribution >= 0.6 is 7.92 Å².